The lowest BCUT2D eigenvalue weighted by molar-refractivity contribution is 0.174. The predicted molar refractivity (Wildman–Crippen MR) is 118 cm³/mol. The topological polar surface area (TPSA) is 54.9 Å². The van der Waals surface area contributed by atoms with Gasteiger partial charge in [-0.1, -0.05) is 19.1 Å². The molecule has 0 saturated heterocycles. The summed E-state index contributed by atoms with van der Waals surface area (Å²) in [5.41, 5.74) is 1.22. The van der Waals surface area contributed by atoms with Gasteiger partial charge in [-0.2, -0.15) is 0 Å². The van der Waals surface area contributed by atoms with Gasteiger partial charge >= 0.3 is 0 Å². The van der Waals surface area contributed by atoms with E-state index < -0.39 is 0 Å². The Bertz CT molecular complexity index is 707. The van der Waals surface area contributed by atoms with Gasteiger partial charge in [-0.25, -0.2) is 0 Å². The summed E-state index contributed by atoms with van der Waals surface area (Å²) in [6.07, 6.45) is 0.904. The standard InChI is InChI=1S/C19H25N3O2S.HI/c1-3-20-19(22-12-14(2)18-5-4-10-25-18)21-9-8-15-6-7-16-17(11-15)24-13-23-16;/h4-7,10-11,14H,3,8-9,12-13H2,1-2H3,(H2,20,21,22);1H. The number of guanidine groups is 1. The van der Waals surface area contributed by atoms with E-state index in [2.05, 4.69) is 48.1 Å². The molecule has 142 valence electrons. The first-order valence-electron chi connectivity index (χ1n) is 8.70. The normalized spacial score (nSPS) is 13.8. The maximum Gasteiger partial charge on any atom is 0.231 e. The van der Waals surface area contributed by atoms with Gasteiger partial charge in [0.1, 0.15) is 0 Å². The molecule has 2 aromatic rings. The van der Waals surface area contributed by atoms with Crippen molar-refractivity contribution in [3.63, 3.8) is 0 Å². The van der Waals surface area contributed by atoms with Gasteiger partial charge in [0.15, 0.2) is 17.5 Å². The number of halogens is 1. The van der Waals surface area contributed by atoms with Crippen LogP contribution in [0, 0.1) is 0 Å². The molecular formula is C19H26IN3O2S. The smallest absolute Gasteiger partial charge is 0.231 e. The first-order chi connectivity index (χ1) is 12.3. The van der Waals surface area contributed by atoms with Gasteiger partial charge in [-0.3, -0.25) is 4.99 Å². The molecule has 0 spiro atoms. The molecule has 7 heteroatoms. The van der Waals surface area contributed by atoms with Crippen molar-refractivity contribution >= 4 is 41.3 Å². The van der Waals surface area contributed by atoms with Crippen LogP contribution in [0.25, 0.3) is 0 Å². The summed E-state index contributed by atoms with van der Waals surface area (Å²) in [5, 5.41) is 8.83. The van der Waals surface area contributed by atoms with Gasteiger partial charge in [0, 0.05) is 23.9 Å². The second-order valence-corrected chi connectivity index (χ2v) is 6.98. The molecule has 0 bridgehead atoms. The van der Waals surface area contributed by atoms with Gasteiger partial charge in [-0.15, -0.1) is 35.3 Å². The van der Waals surface area contributed by atoms with Crippen molar-refractivity contribution in [1.82, 2.24) is 10.6 Å². The fraction of sp³-hybridized carbons (Fsp3) is 0.421. The van der Waals surface area contributed by atoms with E-state index in [1.807, 2.05) is 12.1 Å². The molecule has 0 radical (unpaired) electrons. The number of ether oxygens (including phenoxy) is 2. The zero-order valence-corrected chi connectivity index (χ0v) is 18.3. The summed E-state index contributed by atoms with van der Waals surface area (Å²) in [5.74, 6) is 2.97. The number of nitrogens with zero attached hydrogens (tertiary/aromatic N) is 1. The number of thiophene rings is 1. The molecule has 0 fully saturated rings. The summed E-state index contributed by atoms with van der Waals surface area (Å²) in [6, 6.07) is 10.4. The Kier molecular flexibility index (Phi) is 8.50. The minimum absolute atomic E-state index is 0. The molecule has 5 nitrogen and oxygen atoms in total. The first-order valence-corrected chi connectivity index (χ1v) is 9.58. The maximum atomic E-state index is 5.43. The predicted octanol–water partition coefficient (Wildman–Crippen LogP) is 4.00. The molecule has 0 amide bonds. The van der Waals surface area contributed by atoms with Gasteiger partial charge < -0.3 is 20.1 Å². The number of fused-ring (bicyclic) bond motifs is 1. The van der Waals surface area contributed by atoms with Crippen LogP contribution < -0.4 is 20.1 Å². The van der Waals surface area contributed by atoms with Crippen molar-refractivity contribution in [1.29, 1.82) is 0 Å². The summed E-state index contributed by atoms with van der Waals surface area (Å²) < 4.78 is 10.8. The minimum atomic E-state index is 0. The summed E-state index contributed by atoms with van der Waals surface area (Å²) in [6.45, 7) is 7.06. The van der Waals surface area contributed by atoms with Gasteiger partial charge in [0.25, 0.3) is 0 Å². The highest BCUT2D eigenvalue weighted by Crippen LogP contribution is 2.32. The zero-order chi connectivity index (χ0) is 17.5. The van der Waals surface area contributed by atoms with E-state index in [4.69, 9.17) is 14.5 Å². The molecule has 1 atom stereocenters. The molecule has 1 aromatic carbocycles. The molecule has 1 aliphatic heterocycles. The Morgan fingerprint density at radius 1 is 1.23 bits per heavy atom. The Morgan fingerprint density at radius 2 is 2.08 bits per heavy atom. The van der Waals surface area contributed by atoms with Gasteiger partial charge in [0.05, 0.1) is 6.54 Å². The lowest BCUT2D eigenvalue weighted by Crippen LogP contribution is -2.38. The number of nitrogens with one attached hydrogen (secondary N) is 2. The Labute approximate surface area is 176 Å². The summed E-state index contributed by atoms with van der Waals surface area (Å²) in [7, 11) is 0. The highest BCUT2D eigenvalue weighted by molar-refractivity contribution is 14.0. The molecule has 0 aliphatic carbocycles. The fourth-order valence-electron chi connectivity index (χ4n) is 2.65. The lowest BCUT2D eigenvalue weighted by atomic mass is 10.1. The third kappa shape index (κ3) is 5.77. The molecule has 1 aliphatic rings. The monoisotopic (exact) mass is 487 g/mol. The van der Waals surface area contributed by atoms with Crippen LogP contribution in [0.5, 0.6) is 11.5 Å². The Hall–Kier alpha value is -1.48. The fourth-order valence-corrected chi connectivity index (χ4v) is 3.43. The van der Waals surface area contributed by atoms with Gasteiger partial charge in [0.2, 0.25) is 6.79 Å². The second kappa shape index (κ2) is 10.6. The summed E-state index contributed by atoms with van der Waals surface area (Å²) >= 11 is 1.79. The number of hydrogen-bond acceptors (Lipinski definition) is 4. The molecular weight excluding hydrogens is 461 g/mol. The number of benzene rings is 1. The summed E-state index contributed by atoms with van der Waals surface area (Å²) in [4.78, 5) is 6.09. The van der Waals surface area contributed by atoms with Crippen molar-refractivity contribution < 1.29 is 9.47 Å². The molecule has 0 saturated carbocycles. The molecule has 3 rings (SSSR count). The minimum Gasteiger partial charge on any atom is -0.454 e. The van der Waals surface area contributed by atoms with Gasteiger partial charge in [-0.05, 0) is 42.5 Å². The van der Waals surface area contributed by atoms with E-state index in [0.29, 0.717) is 12.7 Å². The lowest BCUT2D eigenvalue weighted by Gasteiger charge is -2.13. The molecule has 1 aromatic heterocycles. The first kappa shape index (κ1) is 20.8. The number of rotatable bonds is 7. The SMILES string of the molecule is CCNC(=NCC(C)c1cccs1)NCCc1ccc2c(c1)OCO2.I. The van der Waals surface area contributed by atoms with E-state index in [-0.39, 0.29) is 24.0 Å². The Balaban J connectivity index is 0.00000243. The van der Waals surface area contributed by atoms with E-state index in [1.54, 1.807) is 11.3 Å². The second-order valence-electron chi connectivity index (χ2n) is 6.00. The highest BCUT2D eigenvalue weighted by Gasteiger charge is 2.13. The van der Waals surface area contributed by atoms with Crippen LogP contribution in [0.15, 0.2) is 40.7 Å². The molecule has 2 heterocycles. The molecule has 26 heavy (non-hydrogen) atoms. The van der Waals surface area contributed by atoms with E-state index >= 15 is 0 Å². The van der Waals surface area contributed by atoms with Crippen LogP contribution in [0.1, 0.15) is 30.2 Å². The zero-order valence-electron chi connectivity index (χ0n) is 15.2. The third-order valence-corrected chi connectivity index (χ3v) is 5.14. The van der Waals surface area contributed by atoms with Crippen LogP contribution in [-0.4, -0.2) is 32.4 Å². The van der Waals surface area contributed by atoms with Crippen LogP contribution in [0.4, 0.5) is 0 Å². The number of aliphatic imine (C=N–C) groups is 1. The average molecular weight is 487 g/mol. The van der Waals surface area contributed by atoms with Crippen LogP contribution >= 0.6 is 35.3 Å². The quantitative estimate of drug-likeness (QED) is 0.352. The Morgan fingerprint density at radius 3 is 2.85 bits per heavy atom. The van der Waals surface area contributed by atoms with Crippen LogP contribution in [0.3, 0.4) is 0 Å². The van der Waals surface area contributed by atoms with Crippen molar-refractivity contribution in [2.24, 2.45) is 4.99 Å². The van der Waals surface area contributed by atoms with E-state index in [9.17, 15) is 0 Å². The van der Waals surface area contributed by atoms with Crippen molar-refractivity contribution in [2.45, 2.75) is 26.2 Å². The van der Waals surface area contributed by atoms with Crippen LogP contribution in [0.2, 0.25) is 0 Å². The average Bonchev–Trinajstić information content (AvgIpc) is 3.30. The van der Waals surface area contributed by atoms with E-state index in [1.165, 1.54) is 10.4 Å². The molecule has 2 N–H and O–H groups in total. The van der Waals surface area contributed by atoms with Crippen molar-refractivity contribution in [3.05, 3.63) is 46.2 Å². The largest absolute Gasteiger partial charge is 0.454 e. The highest BCUT2D eigenvalue weighted by atomic mass is 127. The number of hydrogen-bond donors (Lipinski definition) is 2. The van der Waals surface area contributed by atoms with Crippen molar-refractivity contribution in [2.75, 3.05) is 26.4 Å². The van der Waals surface area contributed by atoms with Crippen molar-refractivity contribution in [3.8, 4) is 11.5 Å². The van der Waals surface area contributed by atoms with E-state index in [0.717, 1.165) is 43.5 Å². The molecule has 1 unspecified atom stereocenters. The third-order valence-electron chi connectivity index (χ3n) is 4.04. The van der Waals surface area contributed by atoms with Crippen LogP contribution in [-0.2, 0) is 6.42 Å². The maximum absolute atomic E-state index is 5.43.